The Balaban J connectivity index is 0.00000132. The van der Waals surface area contributed by atoms with Crippen molar-refractivity contribution in [3.63, 3.8) is 0 Å². The van der Waals surface area contributed by atoms with E-state index in [1.807, 2.05) is 18.2 Å². The quantitative estimate of drug-likeness (QED) is 0.732. The molecule has 0 saturated heterocycles. The molecule has 3 heteroatoms. The van der Waals surface area contributed by atoms with Gasteiger partial charge in [-0.15, -0.1) is 12.4 Å². The Labute approximate surface area is 129 Å². The second kappa shape index (κ2) is 5.58. The number of amidine groups is 1. The number of rotatable bonds is 2. The molecule has 1 N–H and O–H groups in total. The van der Waals surface area contributed by atoms with Gasteiger partial charge in [-0.1, -0.05) is 60.7 Å². The Morgan fingerprint density at radius 1 is 0.810 bits per heavy atom. The van der Waals surface area contributed by atoms with Gasteiger partial charge in [-0.3, -0.25) is 4.99 Å². The van der Waals surface area contributed by atoms with Gasteiger partial charge in [0.25, 0.3) is 0 Å². The summed E-state index contributed by atoms with van der Waals surface area (Å²) in [7, 11) is 0. The third-order valence-corrected chi connectivity index (χ3v) is 3.68. The van der Waals surface area contributed by atoms with Crippen LogP contribution in [0.5, 0.6) is 0 Å². The topological polar surface area (TPSA) is 24.4 Å². The van der Waals surface area contributed by atoms with Gasteiger partial charge in [-0.2, -0.15) is 0 Å². The summed E-state index contributed by atoms with van der Waals surface area (Å²) in [6.07, 6.45) is 0. The van der Waals surface area contributed by atoms with Crippen LogP contribution < -0.4 is 5.32 Å². The highest BCUT2D eigenvalue weighted by molar-refractivity contribution is 6.25. The molecule has 0 amide bonds. The second-order valence-corrected chi connectivity index (χ2v) is 4.98. The molecule has 4 rings (SSSR count). The first-order valence-electron chi connectivity index (χ1n) is 6.79. The van der Waals surface area contributed by atoms with Crippen molar-refractivity contribution in [1.82, 2.24) is 0 Å². The molecule has 1 aliphatic heterocycles. The maximum Gasteiger partial charge on any atom is 0.133 e. The van der Waals surface area contributed by atoms with Crippen molar-refractivity contribution in [2.75, 3.05) is 5.32 Å². The lowest BCUT2D eigenvalue weighted by Gasteiger charge is -2.01. The Morgan fingerprint density at radius 3 is 2.38 bits per heavy atom. The zero-order chi connectivity index (χ0) is 13.4. The molecule has 2 nitrogen and oxygen atoms in total. The summed E-state index contributed by atoms with van der Waals surface area (Å²) in [6, 6.07) is 23.0. The summed E-state index contributed by atoms with van der Waals surface area (Å²) in [5.41, 5.74) is 3.59. The molecular weight excluding hydrogens is 280 g/mol. The van der Waals surface area contributed by atoms with E-state index >= 15 is 0 Å². The van der Waals surface area contributed by atoms with Crippen molar-refractivity contribution >= 4 is 34.7 Å². The third-order valence-electron chi connectivity index (χ3n) is 3.68. The van der Waals surface area contributed by atoms with Gasteiger partial charge in [0.2, 0.25) is 0 Å². The lowest BCUT2D eigenvalue weighted by Crippen LogP contribution is -2.07. The van der Waals surface area contributed by atoms with E-state index in [1.54, 1.807) is 0 Å². The van der Waals surface area contributed by atoms with Gasteiger partial charge in [0.15, 0.2) is 0 Å². The average Bonchev–Trinajstić information content (AvgIpc) is 2.87. The Kier molecular flexibility index (Phi) is 3.63. The zero-order valence-electron chi connectivity index (χ0n) is 11.4. The van der Waals surface area contributed by atoms with E-state index in [2.05, 4.69) is 53.8 Å². The predicted octanol–water partition coefficient (Wildman–Crippen LogP) is 4.63. The van der Waals surface area contributed by atoms with Crippen molar-refractivity contribution in [2.45, 2.75) is 6.54 Å². The summed E-state index contributed by atoms with van der Waals surface area (Å²) >= 11 is 0. The number of hydrogen-bond acceptors (Lipinski definition) is 1. The largest absolute Gasteiger partial charge is 0.339 e. The molecule has 0 aromatic heterocycles. The SMILES string of the molecule is Cl.c1ccc(CN=C2Nc3cccc4cccc2c34)cc1. The highest BCUT2D eigenvalue weighted by Crippen LogP contribution is 2.33. The summed E-state index contributed by atoms with van der Waals surface area (Å²) in [6.45, 7) is 0.702. The van der Waals surface area contributed by atoms with Crippen LogP contribution in [0.1, 0.15) is 11.1 Å². The monoisotopic (exact) mass is 294 g/mol. The maximum absolute atomic E-state index is 4.74. The van der Waals surface area contributed by atoms with Crippen LogP contribution in [0.3, 0.4) is 0 Å². The first-order chi connectivity index (χ1) is 9.92. The van der Waals surface area contributed by atoms with E-state index < -0.39 is 0 Å². The molecule has 21 heavy (non-hydrogen) atoms. The first kappa shape index (κ1) is 13.7. The normalized spacial score (nSPS) is 14.0. The second-order valence-electron chi connectivity index (χ2n) is 4.98. The number of aliphatic imine (C=N–C) groups is 1. The van der Waals surface area contributed by atoms with E-state index in [1.165, 1.54) is 21.9 Å². The van der Waals surface area contributed by atoms with Crippen LogP contribution >= 0.6 is 12.4 Å². The van der Waals surface area contributed by atoms with Crippen LogP contribution in [0.15, 0.2) is 71.7 Å². The minimum atomic E-state index is 0. The summed E-state index contributed by atoms with van der Waals surface area (Å²) in [5, 5.41) is 5.97. The molecule has 0 saturated carbocycles. The number of nitrogens with zero attached hydrogens (tertiary/aromatic N) is 1. The van der Waals surface area contributed by atoms with E-state index in [4.69, 9.17) is 4.99 Å². The minimum Gasteiger partial charge on any atom is -0.339 e. The smallest absolute Gasteiger partial charge is 0.133 e. The van der Waals surface area contributed by atoms with Crippen molar-refractivity contribution in [2.24, 2.45) is 4.99 Å². The van der Waals surface area contributed by atoms with Crippen molar-refractivity contribution < 1.29 is 0 Å². The van der Waals surface area contributed by atoms with E-state index in [9.17, 15) is 0 Å². The Hall–Kier alpha value is -2.32. The molecule has 1 heterocycles. The lowest BCUT2D eigenvalue weighted by atomic mass is 10.1. The van der Waals surface area contributed by atoms with Gasteiger partial charge in [0.05, 0.1) is 6.54 Å². The highest BCUT2D eigenvalue weighted by Gasteiger charge is 2.18. The molecule has 0 spiro atoms. The van der Waals surface area contributed by atoms with Gasteiger partial charge in [-0.25, -0.2) is 0 Å². The molecule has 3 aromatic carbocycles. The molecule has 0 atom stereocenters. The fraction of sp³-hybridized carbons (Fsp3) is 0.0556. The lowest BCUT2D eigenvalue weighted by molar-refractivity contribution is 1.07. The van der Waals surface area contributed by atoms with Gasteiger partial charge in [0.1, 0.15) is 5.84 Å². The molecule has 3 aromatic rings. The molecule has 0 unspecified atom stereocenters. The predicted molar refractivity (Wildman–Crippen MR) is 91.5 cm³/mol. The van der Waals surface area contributed by atoms with E-state index in [0.717, 1.165) is 11.5 Å². The summed E-state index contributed by atoms with van der Waals surface area (Å²) < 4.78 is 0. The molecule has 1 aliphatic rings. The Morgan fingerprint density at radius 2 is 1.57 bits per heavy atom. The van der Waals surface area contributed by atoms with E-state index in [0.29, 0.717) is 6.54 Å². The summed E-state index contributed by atoms with van der Waals surface area (Å²) in [5.74, 6) is 0.973. The van der Waals surface area contributed by atoms with Gasteiger partial charge >= 0.3 is 0 Å². The minimum absolute atomic E-state index is 0. The summed E-state index contributed by atoms with van der Waals surface area (Å²) in [4.78, 5) is 4.74. The van der Waals surface area contributed by atoms with Crippen LogP contribution in [-0.4, -0.2) is 5.84 Å². The number of benzene rings is 3. The number of hydrogen-bond donors (Lipinski definition) is 1. The molecule has 0 radical (unpaired) electrons. The van der Waals surface area contributed by atoms with Gasteiger partial charge in [-0.05, 0) is 17.0 Å². The third kappa shape index (κ3) is 2.39. The fourth-order valence-corrected chi connectivity index (χ4v) is 2.72. The molecule has 0 aliphatic carbocycles. The fourth-order valence-electron chi connectivity index (χ4n) is 2.72. The molecule has 0 fully saturated rings. The maximum atomic E-state index is 4.74. The highest BCUT2D eigenvalue weighted by atomic mass is 35.5. The van der Waals surface area contributed by atoms with Crippen molar-refractivity contribution in [3.05, 3.63) is 77.9 Å². The van der Waals surface area contributed by atoms with Crippen LogP contribution in [0.4, 0.5) is 5.69 Å². The molecule has 104 valence electrons. The van der Waals surface area contributed by atoms with Gasteiger partial charge in [0, 0.05) is 16.6 Å². The van der Waals surface area contributed by atoms with Crippen molar-refractivity contribution in [1.29, 1.82) is 0 Å². The van der Waals surface area contributed by atoms with Crippen LogP contribution in [0.2, 0.25) is 0 Å². The average molecular weight is 295 g/mol. The number of nitrogens with one attached hydrogen (secondary N) is 1. The van der Waals surface area contributed by atoms with Crippen LogP contribution in [-0.2, 0) is 6.54 Å². The van der Waals surface area contributed by atoms with Gasteiger partial charge < -0.3 is 5.32 Å². The first-order valence-corrected chi connectivity index (χ1v) is 6.79. The Bertz CT molecular complexity index is 805. The van der Waals surface area contributed by atoms with E-state index in [-0.39, 0.29) is 12.4 Å². The zero-order valence-corrected chi connectivity index (χ0v) is 12.2. The molecular formula is C18H15ClN2. The standard InChI is InChI=1S/C18H14N2.ClH/c1-2-6-13(7-3-1)12-19-18-15-10-4-8-14-9-5-11-16(20-18)17(14)15;/h1-11H,12H2,(H,19,20);1H. The van der Waals surface area contributed by atoms with Crippen molar-refractivity contribution in [3.8, 4) is 0 Å². The number of anilines is 1. The van der Waals surface area contributed by atoms with Crippen LogP contribution in [0, 0.1) is 0 Å². The molecule has 0 bridgehead atoms. The number of halogens is 1. The van der Waals surface area contributed by atoms with Crippen LogP contribution in [0.25, 0.3) is 10.8 Å².